The molecule has 0 amide bonds. The van der Waals surface area contributed by atoms with Crippen LogP contribution in [0, 0.1) is 0 Å². The number of rotatable bonds is 6. The van der Waals surface area contributed by atoms with Crippen molar-refractivity contribution in [1.82, 2.24) is 0 Å². The van der Waals surface area contributed by atoms with E-state index in [4.69, 9.17) is 14.2 Å². The lowest BCUT2D eigenvalue weighted by Crippen LogP contribution is -2.25. The van der Waals surface area contributed by atoms with E-state index in [1.54, 1.807) is 11.8 Å². The molecule has 0 aromatic heterocycles. The Hall–Kier alpha value is 0.230. The van der Waals surface area contributed by atoms with E-state index in [0.717, 1.165) is 38.6 Å². The minimum atomic E-state index is -0.345. The fraction of sp³-hybridized carbons (Fsp3) is 1.00. The molecule has 78 valence electrons. The Balaban J connectivity index is 1.98. The maximum Gasteiger partial charge on any atom is 0.165 e. The average molecular weight is 206 g/mol. The topological polar surface area (TPSA) is 27.7 Å². The van der Waals surface area contributed by atoms with Gasteiger partial charge >= 0.3 is 0 Å². The normalized spacial score (nSPS) is 20.8. The highest BCUT2D eigenvalue weighted by Gasteiger charge is 2.29. The zero-order valence-corrected chi connectivity index (χ0v) is 9.19. The van der Waals surface area contributed by atoms with Crippen molar-refractivity contribution in [1.29, 1.82) is 0 Å². The molecular weight excluding hydrogens is 188 g/mol. The van der Waals surface area contributed by atoms with Crippen molar-refractivity contribution in [2.45, 2.75) is 25.6 Å². The molecule has 0 atom stereocenters. The van der Waals surface area contributed by atoms with Gasteiger partial charge in [-0.1, -0.05) is 0 Å². The van der Waals surface area contributed by atoms with E-state index in [1.807, 2.05) is 13.2 Å². The first-order valence-corrected chi connectivity index (χ1v) is 6.01. The van der Waals surface area contributed by atoms with Gasteiger partial charge in [-0.3, -0.25) is 0 Å². The average Bonchev–Trinajstić information content (AvgIpc) is 2.53. The summed E-state index contributed by atoms with van der Waals surface area (Å²) in [6, 6.07) is 0. The van der Waals surface area contributed by atoms with Crippen LogP contribution in [0.3, 0.4) is 0 Å². The van der Waals surface area contributed by atoms with Crippen molar-refractivity contribution in [3.05, 3.63) is 0 Å². The van der Waals surface area contributed by atoms with Gasteiger partial charge in [0.1, 0.15) is 0 Å². The molecule has 3 nitrogen and oxygen atoms in total. The summed E-state index contributed by atoms with van der Waals surface area (Å²) in [7, 11) is 0. The van der Waals surface area contributed by atoms with Gasteiger partial charge in [-0.2, -0.15) is 0 Å². The van der Waals surface area contributed by atoms with Gasteiger partial charge in [0.05, 0.1) is 19.2 Å². The zero-order chi connectivity index (χ0) is 9.57. The van der Waals surface area contributed by atoms with Crippen molar-refractivity contribution in [3.63, 3.8) is 0 Å². The predicted octanol–water partition coefficient (Wildman–Crippen LogP) is 1.87. The van der Waals surface area contributed by atoms with Gasteiger partial charge in [-0.05, 0) is 19.6 Å². The van der Waals surface area contributed by atoms with E-state index in [2.05, 4.69) is 0 Å². The van der Waals surface area contributed by atoms with Crippen LogP contribution in [-0.2, 0) is 14.2 Å². The molecule has 0 aromatic rings. The van der Waals surface area contributed by atoms with Crippen LogP contribution in [0.25, 0.3) is 0 Å². The fourth-order valence-corrected chi connectivity index (χ4v) is 1.62. The molecule has 1 aliphatic rings. The minimum absolute atomic E-state index is 0.345. The lowest BCUT2D eigenvalue weighted by atomic mass is 10.2. The monoisotopic (exact) mass is 206 g/mol. The third-order valence-electron chi connectivity index (χ3n) is 2.02. The Morgan fingerprint density at radius 1 is 1.38 bits per heavy atom. The van der Waals surface area contributed by atoms with E-state index in [9.17, 15) is 0 Å². The molecule has 1 fully saturated rings. The molecule has 0 radical (unpaired) electrons. The number of hydrogen-bond acceptors (Lipinski definition) is 4. The van der Waals surface area contributed by atoms with Crippen molar-refractivity contribution in [2.24, 2.45) is 0 Å². The molecule has 0 aliphatic carbocycles. The second kappa shape index (κ2) is 5.86. The van der Waals surface area contributed by atoms with Crippen LogP contribution in [0.4, 0.5) is 0 Å². The second-order valence-electron chi connectivity index (χ2n) is 3.25. The fourth-order valence-electron chi connectivity index (χ4n) is 1.34. The quantitative estimate of drug-likeness (QED) is 0.490. The number of ether oxygens (including phenoxy) is 3. The van der Waals surface area contributed by atoms with Crippen LogP contribution in [-0.4, -0.2) is 37.8 Å². The first-order valence-electron chi connectivity index (χ1n) is 4.61. The van der Waals surface area contributed by atoms with Gasteiger partial charge in [0.25, 0.3) is 0 Å². The van der Waals surface area contributed by atoms with Crippen molar-refractivity contribution in [3.8, 4) is 0 Å². The van der Waals surface area contributed by atoms with Crippen molar-refractivity contribution >= 4 is 11.8 Å². The minimum Gasteiger partial charge on any atom is -0.371 e. The summed E-state index contributed by atoms with van der Waals surface area (Å²) >= 11 is 1.70. The van der Waals surface area contributed by atoms with Gasteiger partial charge in [-0.15, -0.1) is 11.8 Å². The summed E-state index contributed by atoms with van der Waals surface area (Å²) in [5.41, 5.74) is 0. The van der Waals surface area contributed by atoms with E-state index >= 15 is 0 Å². The molecule has 1 heterocycles. The van der Waals surface area contributed by atoms with E-state index in [-0.39, 0.29) is 5.79 Å². The first kappa shape index (κ1) is 11.3. The molecule has 0 aromatic carbocycles. The second-order valence-corrected chi connectivity index (χ2v) is 4.06. The van der Waals surface area contributed by atoms with E-state index in [0.29, 0.717) is 0 Å². The van der Waals surface area contributed by atoms with Crippen LogP contribution < -0.4 is 0 Å². The first-order chi connectivity index (χ1) is 6.27. The van der Waals surface area contributed by atoms with Crippen molar-refractivity contribution in [2.75, 3.05) is 32.0 Å². The highest BCUT2D eigenvalue weighted by Crippen LogP contribution is 2.23. The van der Waals surface area contributed by atoms with Crippen molar-refractivity contribution < 1.29 is 14.2 Å². The Kier molecular flexibility index (Phi) is 5.09. The zero-order valence-electron chi connectivity index (χ0n) is 8.38. The summed E-state index contributed by atoms with van der Waals surface area (Å²) in [6.45, 7) is 4.24. The van der Waals surface area contributed by atoms with Gasteiger partial charge in [0.2, 0.25) is 0 Å². The smallest absolute Gasteiger partial charge is 0.165 e. The molecule has 0 spiro atoms. The van der Waals surface area contributed by atoms with Gasteiger partial charge in [0, 0.05) is 13.0 Å². The Morgan fingerprint density at radius 2 is 2.08 bits per heavy atom. The number of thioether (sulfide) groups is 1. The lowest BCUT2D eigenvalue weighted by Gasteiger charge is -2.21. The summed E-state index contributed by atoms with van der Waals surface area (Å²) < 4.78 is 16.3. The Bertz CT molecular complexity index is 135. The lowest BCUT2D eigenvalue weighted by molar-refractivity contribution is -0.149. The Labute approximate surface area is 84.1 Å². The van der Waals surface area contributed by atoms with Crippen LogP contribution >= 0.6 is 11.8 Å². The number of hydrogen-bond donors (Lipinski definition) is 0. The van der Waals surface area contributed by atoms with Crippen LogP contribution in [0.1, 0.15) is 19.8 Å². The molecule has 13 heavy (non-hydrogen) atoms. The molecule has 4 heteroatoms. The largest absolute Gasteiger partial charge is 0.371 e. The summed E-state index contributed by atoms with van der Waals surface area (Å²) in [6.07, 6.45) is 3.95. The van der Waals surface area contributed by atoms with Crippen LogP contribution in [0.5, 0.6) is 0 Å². The summed E-state index contributed by atoms with van der Waals surface area (Å²) in [4.78, 5) is 0. The molecular formula is C9H18O3S. The SMILES string of the molecule is CSCOCCCC1(C)OCCO1. The highest BCUT2D eigenvalue weighted by atomic mass is 32.2. The standard InChI is InChI=1S/C9H18O3S/c1-9(11-6-7-12-9)4-3-5-10-8-13-2/h3-8H2,1-2H3. The van der Waals surface area contributed by atoms with Gasteiger partial charge in [0.15, 0.2) is 5.79 Å². The summed E-state index contributed by atoms with van der Waals surface area (Å²) in [5.74, 6) is 0.432. The third kappa shape index (κ3) is 4.31. The predicted molar refractivity (Wildman–Crippen MR) is 53.9 cm³/mol. The van der Waals surface area contributed by atoms with Gasteiger partial charge < -0.3 is 14.2 Å². The Morgan fingerprint density at radius 3 is 2.69 bits per heavy atom. The molecule has 0 unspecified atom stereocenters. The maximum absolute atomic E-state index is 5.46. The summed E-state index contributed by atoms with van der Waals surface area (Å²) in [5, 5.41) is 0. The maximum atomic E-state index is 5.46. The molecule has 1 rings (SSSR count). The van der Waals surface area contributed by atoms with Crippen LogP contribution in [0.15, 0.2) is 0 Å². The third-order valence-corrected chi connectivity index (χ3v) is 2.42. The van der Waals surface area contributed by atoms with E-state index in [1.165, 1.54) is 0 Å². The highest BCUT2D eigenvalue weighted by molar-refractivity contribution is 7.98. The van der Waals surface area contributed by atoms with E-state index < -0.39 is 0 Å². The van der Waals surface area contributed by atoms with Crippen LogP contribution in [0.2, 0.25) is 0 Å². The molecule has 0 saturated carbocycles. The van der Waals surface area contributed by atoms with Gasteiger partial charge in [-0.25, -0.2) is 0 Å². The molecule has 1 aliphatic heterocycles. The molecule has 1 saturated heterocycles. The molecule has 0 bridgehead atoms. The molecule has 0 N–H and O–H groups in total.